The predicted molar refractivity (Wildman–Crippen MR) is 95.3 cm³/mol. The Morgan fingerprint density at radius 2 is 2.08 bits per heavy atom. The van der Waals surface area contributed by atoms with Gasteiger partial charge in [-0.3, -0.25) is 9.59 Å². The van der Waals surface area contributed by atoms with Crippen LogP contribution < -0.4 is 15.4 Å². The van der Waals surface area contributed by atoms with E-state index >= 15 is 0 Å². The summed E-state index contributed by atoms with van der Waals surface area (Å²) in [4.78, 5) is 24.4. The number of carbonyl (C=O) groups is 2. The van der Waals surface area contributed by atoms with Crippen molar-refractivity contribution in [1.82, 2.24) is 10.6 Å². The molecule has 1 aromatic rings. The maximum atomic E-state index is 12.4. The van der Waals surface area contributed by atoms with Crippen LogP contribution in [-0.4, -0.2) is 35.5 Å². The average molecular weight is 348 g/mol. The highest BCUT2D eigenvalue weighted by atomic mass is 32.2. The van der Waals surface area contributed by atoms with E-state index in [4.69, 9.17) is 4.74 Å². The molecule has 1 aliphatic heterocycles. The van der Waals surface area contributed by atoms with Gasteiger partial charge >= 0.3 is 0 Å². The summed E-state index contributed by atoms with van der Waals surface area (Å²) in [5.74, 6) is 1.17. The van der Waals surface area contributed by atoms with Crippen molar-refractivity contribution in [3.8, 4) is 5.75 Å². The first-order valence-electron chi connectivity index (χ1n) is 8.32. The molecule has 0 aromatic heterocycles. The van der Waals surface area contributed by atoms with Gasteiger partial charge in [0.2, 0.25) is 11.8 Å². The Bertz CT molecular complexity index is 672. The molecule has 1 aromatic carbocycles. The molecule has 2 N–H and O–H groups in total. The maximum Gasteiger partial charge on any atom is 0.243 e. The van der Waals surface area contributed by atoms with Crippen LogP contribution in [-0.2, 0) is 29.0 Å². The Morgan fingerprint density at radius 3 is 2.75 bits per heavy atom. The van der Waals surface area contributed by atoms with Gasteiger partial charge in [0, 0.05) is 17.9 Å². The number of ether oxygens (including phenoxy) is 1. The molecule has 0 spiro atoms. The normalized spacial score (nSPS) is 21.8. The Morgan fingerprint density at radius 1 is 1.38 bits per heavy atom. The smallest absolute Gasteiger partial charge is 0.243 e. The molecular weight excluding hydrogens is 324 g/mol. The molecule has 1 atom stereocenters. The van der Waals surface area contributed by atoms with Gasteiger partial charge in [-0.05, 0) is 50.3 Å². The third kappa shape index (κ3) is 3.38. The average Bonchev–Trinajstić information content (AvgIpc) is 3.01. The SMILES string of the molecule is COc1cc2c(cc1CNC(=O)C1CSC(C)(C)C(=O)N1)CCC2. The molecule has 0 bridgehead atoms. The number of hydrogen-bond donors (Lipinski definition) is 2. The Labute approximate surface area is 146 Å². The minimum Gasteiger partial charge on any atom is -0.496 e. The van der Waals surface area contributed by atoms with Crippen LogP contribution in [0.3, 0.4) is 0 Å². The fraction of sp³-hybridized carbons (Fsp3) is 0.556. The van der Waals surface area contributed by atoms with Gasteiger partial charge in [-0.1, -0.05) is 6.07 Å². The van der Waals surface area contributed by atoms with E-state index in [0.29, 0.717) is 12.3 Å². The van der Waals surface area contributed by atoms with Crippen molar-refractivity contribution in [3.05, 3.63) is 28.8 Å². The van der Waals surface area contributed by atoms with E-state index in [2.05, 4.69) is 22.8 Å². The van der Waals surface area contributed by atoms with E-state index < -0.39 is 10.8 Å². The van der Waals surface area contributed by atoms with Crippen LogP contribution in [0, 0.1) is 0 Å². The van der Waals surface area contributed by atoms with Crippen molar-refractivity contribution in [2.24, 2.45) is 0 Å². The van der Waals surface area contributed by atoms with E-state index in [9.17, 15) is 9.59 Å². The molecule has 130 valence electrons. The number of nitrogens with one attached hydrogen (secondary N) is 2. The van der Waals surface area contributed by atoms with Gasteiger partial charge in [-0.25, -0.2) is 0 Å². The zero-order chi connectivity index (χ0) is 17.3. The molecule has 6 heteroatoms. The lowest BCUT2D eigenvalue weighted by Crippen LogP contribution is -2.57. The number of amides is 2. The molecule has 1 fully saturated rings. The molecule has 0 saturated carbocycles. The fourth-order valence-corrected chi connectivity index (χ4v) is 4.17. The molecule has 1 saturated heterocycles. The minimum atomic E-state index is -0.476. The molecule has 2 amide bonds. The third-order valence-electron chi connectivity index (χ3n) is 4.73. The highest BCUT2D eigenvalue weighted by Gasteiger charge is 2.37. The standard InChI is InChI=1S/C18H24N2O3S/c1-18(2)17(22)20-14(10-24-18)16(21)19-9-13-7-11-5-4-6-12(11)8-15(13)23-3/h7-8,14H,4-6,9-10H2,1-3H3,(H,19,21)(H,20,22). The van der Waals surface area contributed by atoms with Crippen LogP contribution in [0.15, 0.2) is 12.1 Å². The van der Waals surface area contributed by atoms with Crippen LogP contribution in [0.4, 0.5) is 0 Å². The highest BCUT2D eigenvalue weighted by molar-refractivity contribution is 8.01. The molecule has 1 aliphatic carbocycles. The largest absolute Gasteiger partial charge is 0.496 e. The van der Waals surface area contributed by atoms with Crippen LogP contribution in [0.2, 0.25) is 0 Å². The van der Waals surface area contributed by atoms with Crippen molar-refractivity contribution in [2.75, 3.05) is 12.9 Å². The summed E-state index contributed by atoms with van der Waals surface area (Å²) in [7, 11) is 1.65. The molecule has 5 nitrogen and oxygen atoms in total. The lowest BCUT2D eigenvalue weighted by Gasteiger charge is -2.32. The molecule has 1 unspecified atom stereocenters. The van der Waals surface area contributed by atoms with Gasteiger partial charge in [0.1, 0.15) is 11.8 Å². The predicted octanol–water partition coefficient (Wildman–Crippen LogP) is 1.81. The first-order chi connectivity index (χ1) is 11.4. The van der Waals surface area contributed by atoms with Gasteiger partial charge in [0.05, 0.1) is 11.9 Å². The molecule has 24 heavy (non-hydrogen) atoms. The summed E-state index contributed by atoms with van der Waals surface area (Å²) in [5, 5.41) is 5.75. The number of rotatable bonds is 4. The molecule has 1 heterocycles. The number of fused-ring (bicyclic) bond motifs is 1. The summed E-state index contributed by atoms with van der Waals surface area (Å²) in [6.45, 7) is 4.16. The van der Waals surface area contributed by atoms with Crippen molar-refractivity contribution >= 4 is 23.6 Å². The number of methoxy groups -OCH3 is 1. The second-order valence-corrected chi connectivity index (χ2v) is 8.49. The zero-order valence-electron chi connectivity index (χ0n) is 14.4. The van der Waals surface area contributed by atoms with Crippen molar-refractivity contribution in [3.63, 3.8) is 0 Å². The van der Waals surface area contributed by atoms with Gasteiger partial charge in [0.25, 0.3) is 0 Å². The highest BCUT2D eigenvalue weighted by Crippen LogP contribution is 2.31. The summed E-state index contributed by atoms with van der Waals surface area (Å²) < 4.78 is 5.00. The number of thioether (sulfide) groups is 1. The van der Waals surface area contributed by atoms with Crippen LogP contribution >= 0.6 is 11.8 Å². The van der Waals surface area contributed by atoms with Gasteiger partial charge < -0.3 is 15.4 Å². The monoisotopic (exact) mass is 348 g/mol. The van der Waals surface area contributed by atoms with E-state index in [-0.39, 0.29) is 11.8 Å². The topological polar surface area (TPSA) is 67.4 Å². The van der Waals surface area contributed by atoms with Gasteiger partial charge in [0.15, 0.2) is 0 Å². The first kappa shape index (κ1) is 17.1. The fourth-order valence-electron chi connectivity index (χ4n) is 3.16. The molecular formula is C18H24N2O3S. The van der Waals surface area contributed by atoms with E-state index in [1.807, 2.05) is 13.8 Å². The van der Waals surface area contributed by atoms with Crippen LogP contribution in [0.5, 0.6) is 5.75 Å². The van der Waals surface area contributed by atoms with E-state index in [1.165, 1.54) is 29.3 Å². The quantitative estimate of drug-likeness (QED) is 0.871. The summed E-state index contributed by atoms with van der Waals surface area (Å²) in [5.41, 5.74) is 3.69. The first-order valence-corrected chi connectivity index (χ1v) is 9.30. The molecule has 0 radical (unpaired) electrons. The lowest BCUT2D eigenvalue weighted by molar-refractivity contribution is -0.129. The van der Waals surface area contributed by atoms with Crippen LogP contribution in [0.1, 0.15) is 37.0 Å². The minimum absolute atomic E-state index is 0.0889. The Balaban J connectivity index is 1.64. The maximum absolute atomic E-state index is 12.4. The van der Waals surface area contributed by atoms with Crippen molar-refractivity contribution in [2.45, 2.75) is 50.4 Å². The van der Waals surface area contributed by atoms with Crippen molar-refractivity contribution < 1.29 is 14.3 Å². The Hall–Kier alpha value is -1.69. The molecule has 2 aliphatic rings. The second kappa shape index (κ2) is 6.67. The van der Waals surface area contributed by atoms with E-state index in [0.717, 1.165) is 24.2 Å². The van der Waals surface area contributed by atoms with Crippen molar-refractivity contribution in [1.29, 1.82) is 0 Å². The number of hydrogen-bond acceptors (Lipinski definition) is 4. The third-order valence-corrected chi connectivity index (χ3v) is 6.13. The number of aryl methyl sites for hydroxylation is 2. The van der Waals surface area contributed by atoms with E-state index in [1.54, 1.807) is 7.11 Å². The van der Waals surface area contributed by atoms with Crippen LogP contribution in [0.25, 0.3) is 0 Å². The zero-order valence-corrected chi connectivity index (χ0v) is 15.2. The van der Waals surface area contributed by atoms with Gasteiger partial charge in [-0.2, -0.15) is 0 Å². The van der Waals surface area contributed by atoms with Gasteiger partial charge in [-0.15, -0.1) is 11.8 Å². The summed E-state index contributed by atoms with van der Waals surface area (Å²) in [6.07, 6.45) is 3.36. The summed E-state index contributed by atoms with van der Waals surface area (Å²) >= 11 is 1.51. The lowest BCUT2D eigenvalue weighted by atomic mass is 10.0. The Kier molecular flexibility index (Phi) is 4.76. The second-order valence-electron chi connectivity index (χ2n) is 6.85. The molecule has 3 rings (SSSR count). The number of benzene rings is 1. The summed E-state index contributed by atoms with van der Waals surface area (Å²) in [6, 6.07) is 3.75. The number of carbonyl (C=O) groups excluding carboxylic acids is 2.